The molecular weight excluding hydrogens is 288 g/mol. The first-order valence-electron chi connectivity index (χ1n) is 7.09. The van der Waals surface area contributed by atoms with Gasteiger partial charge in [-0.25, -0.2) is 4.98 Å². The van der Waals surface area contributed by atoms with Crippen LogP contribution < -0.4 is 10.1 Å². The summed E-state index contributed by atoms with van der Waals surface area (Å²) in [5, 5.41) is 4.01. The molecule has 0 fully saturated rings. The van der Waals surface area contributed by atoms with Crippen molar-refractivity contribution in [2.75, 3.05) is 20.2 Å². The minimum Gasteiger partial charge on any atom is -0.496 e. The van der Waals surface area contributed by atoms with Crippen LogP contribution in [0.3, 0.4) is 0 Å². The Kier molecular flexibility index (Phi) is 5.65. The Morgan fingerprint density at radius 2 is 2.19 bits per heavy atom. The topological polar surface area (TPSA) is 47.3 Å². The molecule has 5 heteroatoms. The Balaban J connectivity index is 2.04. The summed E-state index contributed by atoms with van der Waals surface area (Å²) in [5.41, 5.74) is 0.818. The van der Waals surface area contributed by atoms with Crippen LogP contribution in [0.1, 0.15) is 19.7 Å². The van der Waals surface area contributed by atoms with Gasteiger partial charge in [0.05, 0.1) is 18.9 Å². The minimum absolute atomic E-state index is 0.640. The molecule has 2 rings (SSSR count). The highest BCUT2D eigenvalue weighted by molar-refractivity contribution is 6.30. The number of halogens is 1. The van der Waals surface area contributed by atoms with E-state index in [2.05, 4.69) is 24.1 Å². The van der Waals surface area contributed by atoms with Gasteiger partial charge in [-0.05, 0) is 30.7 Å². The third kappa shape index (κ3) is 4.48. The second kappa shape index (κ2) is 7.48. The number of rotatable bonds is 7. The summed E-state index contributed by atoms with van der Waals surface area (Å²) >= 11 is 6.03. The highest BCUT2D eigenvalue weighted by atomic mass is 35.5. The SMILES string of the molecule is COc1ccc(Cl)cc1-c1cnc(CCNCC(C)C)o1. The molecule has 1 heterocycles. The zero-order valence-corrected chi connectivity index (χ0v) is 13.4. The lowest BCUT2D eigenvalue weighted by Crippen LogP contribution is -2.22. The molecule has 0 aliphatic carbocycles. The summed E-state index contributed by atoms with van der Waals surface area (Å²) in [6, 6.07) is 5.43. The fraction of sp³-hybridized carbons (Fsp3) is 0.438. The normalized spacial score (nSPS) is 11.1. The number of hydrogen-bond donors (Lipinski definition) is 1. The molecule has 4 nitrogen and oxygen atoms in total. The fourth-order valence-corrected chi connectivity index (χ4v) is 2.18. The molecule has 0 saturated heterocycles. The number of nitrogens with zero attached hydrogens (tertiary/aromatic N) is 1. The lowest BCUT2D eigenvalue weighted by Gasteiger charge is -2.06. The van der Waals surface area contributed by atoms with Crippen LogP contribution in [-0.4, -0.2) is 25.2 Å². The van der Waals surface area contributed by atoms with E-state index in [9.17, 15) is 0 Å². The lowest BCUT2D eigenvalue weighted by atomic mass is 10.1. The van der Waals surface area contributed by atoms with E-state index < -0.39 is 0 Å². The molecule has 1 aromatic heterocycles. The monoisotopic (exact) mass is 308 g/mol. The Morgan fingerprint density at radius 3 is 2.90 bits per heavy atom. The van der Waals surface area contributed by atoms with Gasteiger partial charge in [0.1, 0.15) is 5.75 Å². The van der Waals surface area contributed by atoms with Crippen LogP contribution in [-0.2, 0) is 6.42 Å². The molecule has 0 aliphatic rings. The van der Waals surface area contributed by atoms with E-state index in [1.165, 1.54) is 0 Å². The summed E-state index contributed by atoms with van der Waals surface area (Å²) < 4.78 is 11.1. The van der Waals surface area contributed by atoms with E-state index in [-0.39, 0.29) is 0 Å². The van der Waals surface area contributed by atoms with Crippen LogP contribution in [0, 0.1) is 5.92 Å². The van der Waals surface area contributed by atoms with Gasteiger partial charge in [0.15, 0.2) is 11.7 Å². The fourth-order valence-electron chi connectivity index (χ4n) is 2.01. The smallest absolute Gasteiger partial charge is 0.196 e. The average molecular weight is 309 g/mol. The summed E-state index contributed by atoms with van der Waals surface area (Å²) in [7, 11) is 1.62. The Morgan fingerprint density at radius 1 is 1.38 bits per heavy atom. The predicted molar refractivity (Wildman–Crippen MR) is 84.9 cm³/mol. The average Bonchev–Trinajstić information content (AvgIpc) is 2.92. The van der Waals surface area contributed by atoms with Gasteiger partial charge < -0.3 is 14.5 Å². The van der Waals surface area contributed by atoms with Gasteiger partial charge in [-0.15, -0.1) is 0 Å². The highest BCUT2D eigenvalue weighted by Crippen LogP contribution is 2.32. The van der Waals surface area contributed by atoms with Crippen LogP contribution in [0.25, 0.3) is 11.3 Å². The molecule has 0 spiro atoms. The molecule has 1 N–H and O–H groups in total. The second-order valence-electron chi connectivity index (χ2n) is 5.31. The van der Waals surface area contributed by atoms with Crippen molar-refractivity contribution in [2.24, 2.45) is 5.92 Å². The Bertz CT molecular complexity index is 581. The first kappa shape index (κ1) is 15.9. The van der Waals surface area contributed by atoms with Crippen molar-refractivity contribution in [3.05, 3.63) is 35.3 Å². The number of hydrogen-bond acceptors (Lipinski definition) is 4. The van der Waals surface area contributed by atoms with Gasteiger partial charge in [-0.2, -0.15) is 0 Å². The third-order valence-corrected chi connectivity index (χ3v) is 3.28. The number of ether oxygens (including phenoxy) is 1. The quantitative estimate of drug-likeness (QED) is 0.791. The van der Waals surface area contributed by atoms with Crippen LogP contribution in [0.15, 0.2) is 28.8 Å². The minimum atomic E-state index is 0.640. The molecule has 2 aromatic rings. The molecule has 0 unspecified atom stereocenters. The number of oxazole rings is 1. The van der Waals surface area contributed by atoms with Crippen LogP contribution in [0.2, 0.25) is 5.02 Å². The Hall–Kier alpha value is -1.52. The van der Waals surface area contributed by atoms with Crippen molar-refractivity contribution in [3.8, 4) is 17.1 Å². The second-order valence-corrected chi connectivity index (χ2v) is 5.75. The van der Waals surface area contributed by atoms with Crippen LogP contribution >= 0.6 is 11.6 Å². The number of benzene rings is 1. The molecule has 0 aliphatic heterocycles. The van der Waals surface area contributed by atoms with Crippen molar-refractivity contribution in [3.63, 3.8) is 0 Å². The molecule has 0 amide bonds. The maximum atomic E-state index is 6.03. The first-order chi connectivity index (χ1) is 10.1. The van der Waals surface area contributed by atoms with Gasteiger partial charge in [0, 0.05) is 18.0 Å². The van der Waals surface area contributed by atoms with Gasteiger partial charge in [-0.1, -0.05) is 25.4 Å². The van der Waals surface area contributed by atoms with E-state index in [0.717, 1.165) is 30.8 Å². The van der Waals surface area contributed by atoms with Gasteiger partial charge in [0.2, 0.25) is 0 Å². The molecule has 21 heavy (non-hydrogen) atoms. The molecule has 114 valence electrons. The predicted octanol–water partition coefficient (Wildman–Crippen LogP) is 3.79. The van der Waals surface area contributed by atoms with Crippen molar-refractivity contribution in [1.29, 1.82) is 0 Å². The molecule has 0 bridgehead atoms. The lowest BCUT2D eigenvalue weighted by molar-refractivity contribution is 0.413. The zero-order valence-electron chi connectivity index (χ0n) is 12.6. The van der Waals surface area contributed by atoms with Crippen molar-refractivity contribution < 1.29 is 9.15 Å². The molecule has 1 aromatic carbocycles. The molecule has 0 radical (unpaired) electrons. The molecule has 0 saturated carbocycles. The zero-order chi connectivity index (χ0) is 15.2. The summed E-state index contributed by atoms with van der Waals surface area (Å²) in [6.45, 7) is 6.21. The Labute approximate surface area is 130 Å². The van der Waals surface area contributed by atoms with Crippen molar-refractivity contribution in [2.45, 2.75) is 20.3 Å². The maximum absolute atomic E-state index is 6.03. The molecular formula is C16H21ClN2O2. The maximum Gasteiger partial charge on any atom is 0.196 e. The van der Waals surface area contributed by atoms with E-state index in [0.29, 0.717) is 22.6 Å². The van der Waals surface area contributed by atoms with Gasteiger partial charge in [-0.3, -0.25) is 0 Å². The summed E-state index contributed by atoms with van der Waals surface area (Å²) in [5.74, 6) is 2.75. The first-order valence-corrected chi connectivity index (χ1v) is 7.47. The van der Waals surface area contributed by atoms with E-state index in [1.807, 2.05) is 12.1 Å². The number of nitrogens with one attached hydrogen (secondary N) is 1. The van der Waals surface area contributed by atoms with Crippen molar-refractivity contribution >= 4 is 11.6 Å². The van der Waals surface area contributed by atoms with Crippen LogP contribution in [0.4, 0.5) is 0 Å². The summed E-state index contributed by atoms with van der Waals surface area (Å²) in [6.07, 6.45) is 2.47. The van der Waals surface area contributed by atoms with Crippen LogP contribution in [0.5, 0.6) is 5.75 Å². The number of aromatic nitrogens is 1. The largest absolute Gasteiger partial charge is 0.496 e. The standard InChI is InChI=1S/C16H21ClN2O2/c1-11(2)9-18-7-6-16-19-10-15(21-16)13-8-12(17)4-5-14(13)20-3/h4-5,8,10-11,18H,6-7,9H2,1-3H3. The highest BCUT2D eigenvalue weighted by Gasteiger charge is 2.12. The van der Waals surface area contributed by atoms with Gasteiger partial charge in [0.25, 0.3) is 0 Å². The van der Waals surface area contributed by atoms with E-state index in [1.54, 1.807) is 19.4 Å². The summed E-state index contributed by atoms with van der Waals surface area (Å²) in [4.78, 5) is 4.31. The van der Waals surface area contributed by atoms with E-state index in [4.69, 9.17) is 20.8 Å². The van der Waals surface area contributed by atoms with Gasteiger partial charge >= 0.3 is 0 Å². The molecule has 0 atom stereocenters. The number of methoxy groups -OCH3 is 1. The third-order valence-electron chi connectivity index (χ3n) is 3.05. The van der Waals surface area contributed by atoms with Crippen molar-refractivity contribution in [1.82, 2.24) is 10.3 Å². The van der Waals surface area contributed by atoms with E-state index >= 15 is 0 Å².